The first-order valence-corrected chi connectivity index (χ1v) is 7.84. The summed E-state index contributed by atoms with van der Waals surface area (Å²) in [4.78, 5) is 30.2. The Morgan fingerprint density at radius 3 is 2.95 bits per heavy atom. The molecule has 1 amide bonds. The first-order chi connectivity index (χ1) is 9.61. The Hall–Kier alpha value is -1.43. The lowest BCUT2D eigenvalue weighted by Crippen LogP contribution is -2.43. The predicted molar refractivity (Wildman–Crippen MR) is 74.0 cm³/mol. The highest BCUT2D eigenvalue weighted by molar-refractivity contribution is 7.09. The fourth-order valence-corrected chi connectivity index (χ4v) is 3.98. The second kappa shape index (κ2) is 5.16. The summed E-state index contributed by atoms with van der Waals surface area (Å²) in [6.07, 6.45) is 5.67. The van der Waals surface area contributed by atoms with Crippen LogP contribution >= 0.6 is 11.3 Å². The van der Waals surface area contributed by atoms with Gasteiger partial charge in [0.2, 0.25) is 5.91 Å². The minimum absolute atomic E-state index is 0.00736. The molecular formula is C14H18N2O3S. The van der Waals surface area contributed by atoms with Gasteiger partial charge < -0.3 is 9.64 Å². The van der Waals surface area contributed by atoms with E-state index in [1.54, 1.807) is 18.1 Å². The molecule has 0 bridgehead atoms. The van der Waals surface area contributed by atoms with Gasteiger partial charge in [0.15, 0.2) is 0 Å². The van der Waals surface area contributed by atoms with Crippen molar-refractivity contribution in [1.82, 2.24) is 9.88 Å². The van der Waals surface area contributed by atoms with Crippen LogP contribution in [0.25, 0.3) is 0 Å². The first-order valence-electron chi connectivity index (χ1n) is 6.96. The van der Waals surface area contributed by atoms with Gasteiger partial charge >= 0.3 is 5.97 Å². The van der Waals surface area contributed by atoms with Crippen LogP contribution in [0, 0.1) is 5.92 Å². The molecule has 1 aliphatic heterocycles. The minimum Gasteiger partial charge on any atom is -0.458 e. The number of amides is 1. The molecule has 1 saturated heterocycles. The third-order valence-electron chi connectivity index (χ3n) is 4.30. The number of ether oxygens (including phenoxy) is 1. The second-order valence-electron chi connectivity index (χ2n) is 5.62. The van der Waals surface area contributed by atoms with E-state index in [0.717, 1.165) is 30.7 Å². The predicted octanol–water partition coefficient (Wildman–Crippen LogP) is 1.98. The average Bonchev–Trinajstić information content (AvgIpc) is 3.12. The molecule has 0 aromatic carbocycles. The maximum atomic E-state index is 12.6. The molecule has 5 nitrogen and oxygen atoms in total. The SMILES string of the molecule is CN(Cc1nccs1)C(=O)C1CC(=O)OC12CCCC2. The van der Waals surface area contributed by atoms with Crippen LogP contribution in [-0.2, 0) is 20.9 Å². The Morgan fingerprint density at radius 1 is 1.55 bits per heavy atom. The molecule has 1 spiro atoms. The normalized spacial score (nSPS) is 24.1. The Labute approximate surface area is 121 Å². The van der Waals surface area contributed by atoms with Gasteiger partial charge in [-0.05, 0) is 25.7 Å². The monoisotopic (exact) mass is 294 g/mol. The van der Waals surface area contributed by atoms with Crippen molar-refractivity contribution < 1.29 is 14.3 Å². The van der Waals surface area contributed by atoms with E-state index in [4.69, 9.17) is 4.74 Å². The fourth-order valence-electron chi connectivity index (χ4n) is 3.31. The largest absolute Gasteiger partial charge is 0.458 e. The van der Waals surface area contributed by atoms with Crippen LogP contribution in [0.4, 0.5) is 0 Å². The highest BCUT2D eigenvalue weighted by Crippen LogP contribution is 2.46. The van der Waals surface area contributed by atoms with Crippen molar-refractivity contribution >= 4 is 23.2 Å². The van der Waals surface area contributed by atoms with Gasteiger partial charge in [-0.25, -0.2) is 4.98 Å². The molecule has 1 saturated carbocycles. The maximum absolute atomic E-state index is 12.6. The van der Waals surface area contributed by atoms with Crippen molar-refractivity contribution in [2.45, 2.75) is 44.2 Å². The third kappa shape index (κ3) is 2.32. The highest BCUT2D eigenvalue weighted by Gasteiger charge is 2.54. The lowest BCUT2D eigenvalue weighted by molar-refractivity contribution is -0.151. The molecule has 1 aromatic rings. The summed E-state index contributed by atoms with van der Waals surface area (Å²) in [5.41, 5.74) is -0.523. The molecule has 20 heavy (non-hydrogen) atoms. The van der Waals surface area contributed by atoms with E-state index in [1.165, 1.54) is 11.3 Å². The molecule has 108 valence electrons. The van der Waals surface area contributed by atoms with Gasteiger partial charge in [-0.1, -0.05) is 0 Å². The summed E-state index contributed by atoms with van der Waals surface area (Å²) in [6, 6.07) is 0. The van der Waals surface area contributed by atoms with Gasteiger partial charge in [-0.15, -0.1) is 11.3 Å². The Kier molecular flexibility index (Phi) is 3.50. The number of rotatable bonds is 3. The zero-order valence-corrected chi connectivity index (χ0v) is 12.3. The molecular weight excluding hydrogens is 276 g/mol. The van der Waals surface area contributed by atoms with Crippen LogP contribution in [0.3, 0.4) is 0 Å². The highest BCUT2D eigenvalue weighted by atomic mass is 32.1. The van der Waals surface area contributed by atoms with Crippen molar-refractivity contribution in [2.24, 2.45) is 5.92 Å². The quantitative estimate of drug-likeness (QED) is 0.800. The van der Waals surface area contributed by atoms with Crippen molar-refractivity contribution in [3.8, 4) is 0 Å². The van der Waals surface area contributed by atoms with Gasteiger partial charge in [0.05, 0.1) is 18.9 Å². The second-order valence-corrected chi connectivity index (χ2v) is 6.60. The molecule has 0 radical (unpaired) electrons. The standard InChI is InChI=1S/C14H18N2O3S/c1-16(9-11-15-6-7-20-11)13(18)10-8-12(17)19-14(10)4-2-3-5-14/h6-7,10H,2-5,8-9H2,1H3. The van der Waals surface area contributed by atoms with Gasteiger partial charge in [0.25, 0.3) is 0 Å². The van der Waals surface area contributed by atoms with Gasteiger partial charge in [0, 0.05) is 18.6 Å². The molecule has 0 N–H and O–H groups in total. The number of thiazole rings is 1. The number of hydrogen-bond acceptors (Lipinski definition) is 5. The van der Waals surface area contributed by atoms with Crippen LogP contribution in [0.15, 0.2) is 11.6 Å². The number of nitrogens with zero attached hydrogens (tertiary/aromatic N) is 2. The topological polar surface area (TPSA) is 59.5 Å². The van der Waals surface area contributed by atoms with Crippen LogP contribution in [-0.4, -0.2) is 34.4 Å². The fraction of sp³-hybridized carbons (Fsp3) is 0.643. The molecule has 1 atom stereocenters. The number of esters is 1. The summed E-state index contributed by atoms with van der Waals surface area (Å²) in [7, 11) is 1.77. The van der Waals surface area contributed by atoms with E-state index in [1.807, 2.05) is 5.38 Å². The van der Waals surface area contributed by atoms with E-state index in [9.17, 15) is 9.59 Å². The van der Waals surface area contributed by atoms with Crippen molar-refractivity contribution in [3.63, 3.8) is 0 Å². The smallest absolute Gasteiger partial charge is 0.307 e. The van der Waals surface area contributed by atoms with Gasteiger partial charge in [-0.3, -0.25) is 9.59 Å². The summed E-state index contributed by atoms with van der Waals surface area (Å²) in [5, 5.41) is 2.81. The number of aromatic nitrogens is 1. The van der Waals surface area contributed by atoms with Crippen LogP contribution in [0.1, 0.15) is 37.1 Å². The van der Waals surface area contributed by atoms with Crippen molar-refractivity contribution in [3.05, 3.63) is 16.6 Å². The lowest BCUT2D eigenvalue weighted by Gasteiger charge is -2.30. The summed E-state index contributed by atoms with van der Waals surface area (Å²) in [6.45, 7) is 0.497. The van der Waals surface area contributed by atoms with Crippen LogP contribution in [0.5, 0.6) is 0 Å². The van der Waals surface area contributed by atoms with E-state index in [-0.39, 0.29) is 24.2 Å². The van der Waals surface area contributed by atoms with E-state index < -0.39 is 5.60 Å². The van der Waals surface area contributed by atoms with Crippen molar-refractivity contribution in [1.29, 1.82) is 0 Å². The molecule has 2 heterocycles. The number of carbonyl (C=O) groups excluding carboxylic acids is 2. The van der Waals surface area contributed by atoms with E-state index >= 15 is 0 Å². The molecule has 6 heteroatoms. The Balaban J connectivity index is 1.73. The summed E-state index contributed by atoms with van der Waals surface area (Å²) < 4.78 is 5.53. The lowest BCUT2D eigenvalue weighted by atomic mass is 9.85. The molecule has 2 aliphatic rings. The van der Waals surface area contributed by atoms with Gasteiger partial charge in [0.1, 0.15) is 10.6 Å². The Bertz CT molecular complexity index is 508. The summed E-state index contributed by atoms with van der Waals surface area (Å²) >= 11 is 1.53. The Morgan fingerprint density at radius 2 is 2.30 bits per heavy atom. The van der Waals surface area contributed by atoms with E-state index in [2.05, 4.69) is 4.98 Å². The number of hydrogen-bond donors (Lipinski definition) is 0. The molecule has 3 rings (SSSR count). The van der Waals surface area contributed by atoms with Crippen molar-refractivity contribution in [2.75, 3.05) is 7.05 Å². The average molecular weight is 294 g/mol. The third-order valence-corrected chi connectivity index (χ3v) is 5.07. The molecule has 1 aliphatic carbocycles. The first kappa shape index (κ1) is 13.5. The van der Waals surface area contributed by atoms with Crippen LogP contribution in [0.2, 0.25) is 0 Å². The summed E-state index contributed by atoms with van der Waals surface area (Å²) in [5.74, 6) is -0.539. The van der Waals surface area contributed by atoms with Crippen LogP contribution < -0.4 is 0 Å². The zero-order chi connectivity index (χ0) is 14.2. The molecule has 1 aromatic heterocycles. The minimum atomic E-state index is -0.523. The van der Waals surface area contributed by atoms with Gasteiger partial charge in [-0.2, -0.15) is 0 Å². The maximum Gasteiger partial charge on any atom is 0.307 e. The molecule has 1 unspecified atom stereocenters. The van der Waals surface area contributed by atoms with E-state index in [0.29, 0.717) is 6.54 Å². The molecule has 2 fully saturated rings. The zero-order valence-electron chi connectivity index (χ0n) is 11.5. The number of carbonyl (C=O) groups is 2.